The van der Waals surface area contributed by atoms with Gasteiger partial charge in [-0.15, -0.1) is 0 Å². The Kier molecular flexibility index (Phi) is 24.0. The first kappa shape index (κ1) is 27.0. The molecule has 0 saturated heterocycles. The topological polar surface area (TPSA) is 0 Å². The van der Waals surface area contributed by atoms with Gasteiger partial charge in [0.05, 0.1) is 0 Å². The lowest BCUT2D eigenvalue weighted by Crippen LogP contribution is -1.98. The Labute approximate surface area is 174 Å². The number of hydrogen-bond acceptors (Lipinski definition) is 0. The SMILES string of the molecule is CCCCCCCCCCCCCCCCCCCCC(CC)CCCC. The third kappa shape index (κ3) is 22.2. The van der Waals surface area contributed by atoms with Crippen molar-refractivity contribution in [2.24, 2.45) is 5.92 Å². The lowest BCUT2D eigenvalue weighted by atomic mass is 9.93. The van der Waals surface area contributed by atoms with E-state index in [0.717, 1.165) is 5.92 Å². The minimum atomic E-state index is 1.02. The van der Waals surface area contributed by atoms with E-state index in [0.29, 0.717) is 0 Å². The van der Waals surface area contributed by atoms with Crippen LogP contribution >= 0.6 is 0 Å². The van der Waals surface area contributed by atoms with Crippen LogP contribution in [0.4, 0.5) is 0 Å². The van der Waals surface area contributed by atoms with Crippen molar-refractivity contribution in [1.29, 1.82) is 0 Å². The van der Waals surface area contributed by atoms with Crippen molar-refractivity contribution in [3.05, 3.63) is 0 Å². The van der Waals surface area contributed by atoms with Crippen LogP contribution in [0.25, 0.3) is 0 Å². The molecule has 0 bridgehead atoms. The molecule has 0 saturated carbocycles. The summed E-state index contributed by atoms with van der Waals surface area (Å²) in [5.74, 6) is 1.02. The molecule has 0 aliphatic rings. The predicted octanol–water partition coefficient (Wildman–Crippen LogP) is 10.6. The maximum Gasteiger partial charge on any atom is -0.0417 e. The molecular weight excluding hydrogens is 324 g/mol. The lowest BCUT2D eigenvalue weighted by molar-refractivity contribution is 0.399. The fraction of sp³-hybridized carbons (Fsp3) is 1.00. The zero-order chi connectivity index (χ0) is 19.8. The molecule has 0 heterocycles. The van der Waals surface area contributed by atoms with E-state index in [4.69, 9.17) is 0 Å². The molecule has 0 N–H and O–H groups in total. The number of rotatable bonds is 23. The van der Waals surface area contributed by atoms with Crippen LogP contribution in [-0.2, 0) is 0 Å². The largest absolute Gasteiger partial charge is 0.0654 e. The Morgan fingerprint density at radius 1 is 0.333 bits per heavy atom. The molecule has 0 amide bonds. The Bertz CT molecular complexity index is 244. The minimum absolute atomic E-state index is 1.02. The standard InChI is InChI=1S/C27H56/c1-4-7-9-10-11-12-13-14-15-16-17-18-19-20-21-22-23-24-26-27(6-3)25-8-5-2/h27H,4-26H2,1-3H3. The molecule has 0 aliphatic heterocycles. The van der Waals surface area contributed by atoms with Crippen LogP contribution < -0.4 is 0 Å². The highest BCUT2D eigenvalue weighted by molar-refractivity contribution is 4.58. The quantitative estimate of drug-likeness (QED) is 0.155. The van der Waals surface area contributed by atoms with Gasteiger partial charge >= 0.3 is 0 Å². The molecule has 0 aromatic heterocycles. The van der Waals surface area contributed by atoms with E-state index in [9.17, 15) is 0 Å². The van der Waals surface area contributed by atoms with Gasteiger partial charge in [0.15, 0.2) is 0 Å². The molecule has 164 valence electrons. The fourth-order valence-electron chi connectivity index (χ4n) is 4.38. The summed E-state index contributed by atoms with van der Waals surface area (Å²) >= 11 is 0. The van der Waals surface area contributed by atoms with Gasteiger partial charge in [0.1, 0.15) is 0 Å². The van der Waals surface area contributed by atoms with Gasteiger partial charge in [0, 0.05) is 0 Å². The van der Waals surface area contributed by atoms with Crippen LogP contribution in [0.2, 0.25) is 0 Å². The van der Waals surface area contributed by atoms with Crippen molar-refractivity contribution in [1.82, 2.24) is 0 Å². The molecule has 0 radical (unpaired) electrons. The van der Waals surface area contributed by atoms with Crippen LogP contribution in [0, 0.1) is 5.92 Å². The van der Waals surface area contributed by atoms with Gasteiger partial charge in [0.2, 0.25) is 0 Å². The molecule has 0 aromatic rings. The van der Waals surface area contributed by atoms with E-state index in [1.165, 1.54) is 148 Å². The Hall–Kier alpha value is 0. The zero-order valence-corrected chi connectivity index (χ0v) is 19.8. The third-order valence-corrected chi connectivity index (χ3v) is 6.51. The second kappa shape index (κ2) is 24.0. The van der Waals surface area contributed by atoms with Crippen molar-refractivity contribution in [2.45, 2.75) is 168 Å². The maximum atomic E-state index is 2.38. The van der Waals surface area contributed by atoms with Gasteiger partial charge in [-0.1, -0.05) is 168 Å². The monoisotopic (exact) mass is 380 g/mol. The van der Waals surface area contributed by atoms with Crippen LogP contribution in [0.1, 0.15) is 168 Å². The molecular formula is C27H56. The first-order chi connectivity index (χ1) is 13.3. The van der Waals surface area contributed by atoms with Gasteiger partial charge in [-0.3, -0.25) is 0 Å². The third-order valence-electron chi connectivity index (χ3n) is 6.51. The summed E-state index contributed by atoms with van der Waals surface area (Å²) in [6.45, 7) is 7.01. The van der Waals surface area contributed by atoms with Gasteiger partial charge in [-0.25, -0.2) is 0 Å². The summed E-state index contributed by atoms with van der Waals surface area (Å²) in [5.41, 5.74) is 0. The molecule has 0 aliphatic carbocycles. The number of unbranched alkanes of at least 4 members (excludes halogenated alkanes) is 18. The summed E-state index contributed by atoms with van der Waals surface area (Å²) in [5, 5.41) is 0. The molecule has 27 heavy (non-hydrogen) atoms. The van der Waals surface area contributed by atoms with Crippen LogP contribution in [0.15, 0.2) is 0 Å². The summed E-state index contributed by atoms with van der Waals surface area (Å²) < 4.78 is 0. The predicted molar refractivity (Wildman–Crippen MR) is 127 cm³/mol. The van der Waals surface area contributed by atoms with Crippen molar-refractivity contribution in [3.8, 4) is 0 Å². The van der Waals surface area contributed by atoms with E-state index in [1.54, 1.807) is 0 Å². The maximum absolute atomic E-state index is 2.38. The van der Waals surface area contributed by atoms with Gasteiger partial charge in [0.25, 0.3) is 0 Å². The molecule has 0 spiro atoms. The van der Waals surface area contributed by atoms with Crippen LogP contribution in [0.3, 0.4) is 0 Å². The second-order valence-corrected chi connectivity index (χ2v) is 9.22. The summed E-state index contributed by atoms with van der Waals surface area (Å²) in [6.07, 6.45) is 33.8. The van der Waals surface area contributed by atoms with Crippen LogP contribution in [-0.4, -0.2) is 0 Å². The van der Waals surface area contributed by atoms with Crippen molar-refractivity contribution < 1.29 is 0 Å². The van der Waals surface area contributed by atoms with Gasteiger partial charge in [-0.05, 0) is 5.92 Å². The van der Waals surface area contributed by atoms with E-state index in [1.807, 2.05) is 0 Å². The first-order valence-corrected chi connectivity index (χ1v) is 13.3. The molecule has 1 atom stereocenters. The Balaban J connectivity index is 3.10. The average Bonchev–Trinajstić information content (AvgIpc) is 2.69. The Morgan fingerprint density at radius 3 is 0.963 bits per heavy atom. The van der Waals surface area contributed by atoms with Crippen molar-refractivity contribution >= 4 is 0 Å². The number of hydrogen-bond donors (Lipinski definition) is 0. The van der Waals surface area contributed by atoms with Crippen LogP contribution in [0.5, 0.6) is 0 Å². The molecule has 0 nitrogen and oxygen atoms in total. The average molecular weight is 381 g/mol. The molecule has 0 fully saturated rings. The molecule has 0 rings (SSSR count). The minimum Gasteiger partial charge on any atom is -0.0654 e. The van der Waals surface area contributed by atoms with Gasteiger partial charge in [-0.2, -0.15) is 0 Å². The zero-order valence-electron chi connectivity index (χ0n) is 19.8. The van der Waals surface area contributed by atoms with Crippen molar-refractivity contribution in [2.75, 3.05) is 0 Å². The van der Waals surface area contributed by atoms with E-state index in [2.05, 4.69) is 20.8 Å². The Morgan fingerprint density at radius 2 is 0.630 bits per heavy atom. The highest BCUT2D eigenvalue weighted by Gasteiger charge is 2.05. The summed E-state index contributed by atoms with van der Waals surface area (Å²) in [4.78, 5) is 0. The molecule has 0 heteroatoms. The van der Waals surface area contributed by atoms with E-state index < -0.39 is 0 Å². The van der Waals surface area contributed by atoms with Gasteiger partial charge < -0.3 is 0 Å². The molecule has 0 aromatic carbocycles. The first-order valence-electron chi connectivity index (χ1n) is 13.3. The normalized spacial score (nSPS) is 12.6. The lowest BCUT2D eigenvalue weighted by Gasteiger charge is -2.13. The van der Waals surface area contributed by atoms with Crippen molar-refractivity contribution in [3.63, 3.8) is 0 Å². The van der Waals surface area contributed by atoms with E-state index >= 15 is 0 Å². The summed E-state index contributed by atoms with van der Waals surface area (Å²) in [7, 11) is 0. The highest BCUT2D eigenvalue weighted by atomic mass is 14.1. The second-order valence-electron chi connectivity index (χ2n) is 9.22. The molecule has 1 unspecified atom stereocenters. The summed E-state index contributed by atoms with van der Waals surface area (Å²) in [6, 6.07) is 0. The fourth-order valence-corrected chi connectivity index (χ4v) is 4.38. The smallest absolute Gasteiger partial charge is 0.0417 e. The highest BCUT2D eigenvalue weighted by Crippen LogP contribution is 2.20. The van der Waals surface area contributed by atoms with E-state index in [-0.39, 0.29) is 0 Å².